The monoisotopic (exact) mass is 236 g/mol. The molecule has 1 N–H and O–H groups in total. The van der Waals surface area contributed by atoms with Crippen molar-refractivity contribution in [3.63, 3.8) is 0 Å². The summed E-state index contributed by atoms with van der Waals surface area (Å²) in [5.74, 6) is 1.10. The molecule has 98 valence electrons. The number of hydrogen-bond acceptors (Lipinski definition) is 2. The summed E-state index contributed by atoms with van der Waals surface area (Å²) in [5, 5.41) is 3.75. The molecule has 0 bridgehead atoms. The SMILES string of the molecule is CN1CCCCC1CCNCC1(C2CC2)CC1. The van der Waals surface area contributed by atoms with Crippen molar-refractivity contribution in [1.29, 1.82) is 0 Å². The van der Waals surface area contributed by atoms with Crippen LogP contribution < -0.4 is 5.32 Å². The second-order valence-corrected chi connectivity index (χ2v) is 6.73. The molecule has 1 unspecified atom stereocenters. The third kappa shape index (κ3) is 2.85. The van der Waals surface area contributed by atoms with Gasteiger partial charge in [0.05, 0.1) is 0 Å². The van der Waals surface area contributed by atoms with Crippen molar-refractivity contribution in [3.8, 4) is 0 Å². The van der Waals surface area contributed by atoms with Crippen molar-refractivity contribution in [2.75, 3.05) is 26.7 Å². The van der Waals surface area contributed by atoms with Crippen LogP contribution in [0.4, 0.5) is 0 Å². The van der Waals surface area contributed by atoms with Crippen molar-refractivity contribution in [1.82, 2.24) is 10.2 Å². The third-order valence-electron chi connectivity index (χ3n) is 5.39. The van der Waals surface area contributed by atoms with Crippen LogP contribution >= 0.6 is 0 Å². The number of nitrogens with zero attached hydrogens (tertiary/aromatic N) is 1. The van der Waals surface area contributed by atoms with E-state index >= 15 is 0 Å². The molecule has 3 fully saturated rings. The van der Waals surface area contributed by atoms with Crippen molar-refractivity contribution in [2.45, 2.75) is 57.4 Å². The lowest BCUT2D eigenvalue weighted by Gasteiger charge is -2.32. The zero-order valence-electron chi connectivity index (χ0n) is 11.4. The van der Waals surface area contributed by atoms with E-state index in [9.17, 15) is 0 Å². The molecular weight excluding hydrogens is 208 g/mol. The van der Waals surface area contributed by atoms with Gasteiger partial charge in [0.2, 0.25) is 0 Å². The van der Waals surface area contributed by atoms with Crippen LogP contribution in [0.5, 0.6) is 0 Å². The normalized spacial score (nSPS) is 32.6. The molecule has 1 aliphatic heterocycles. The summed E-state index contributed by atoms with van der Waals surface area (Å²) in [6, 6.07) is 0.854. The van der Waals surface area contributed by atoms with Crippen LogP contribution in [-0.2, 0) is 0 Å². The van der Waals surface area contributed by atoms with Gasteiger partial charge in [-0.3, -0.25) is 0 Å². The maximum absolute atomic E-state index is 3.75. The lowest BCUT2D eigenvalue weighted by Crippen LogP contribution is -2.38. The minimum absolute atomic E-state index is 0.776. The quantitative estimate of drug-likeness (QED) is 0.713. The van der Waals surface area contributed by atoms with Crippen LogP contribution in [0.2, 0.25) is 0 Å². The van der Waals surface area contributed by atoms with E-state index in [2.05, 4.69) is 17.3 Å². The summed E-state index contributed by atoms with van der Waals surface area (Å²) >= 11 is 0. The van der Waals surface area contributed by atoms with Crippen molar-refractivity contribution in [3.05, 3.63) is 0 Å². The molecule has 2 saturated carbocycles. The molecule has 2 heteroatoms. The Morgan fingerprint density at radius 3 is 2.65 bits per heavy atom. The Morgan fingerprint density at radius 2 is 2.00 bits per heavy atom. The first-order valence-corrected chi connectivity index (χ1v) is 7.71. The second-order valence-electron chi connectivity index (χ2n) is 6.73. The Kier molecular flexibility index (Phi) is 3.45. The van der Waals surface area contributed by atoms with E-state index in [1.165, 1.54) is 71.0 Å². The molecule has 3 aliphatic rings. The Balaban J connectivity index is 1.32. The molecule has 0 radical (unpaired) electrons. The maximum Gasteiger partial charge on any atom is 0.0104 e. The van der Waals surface area contributed by atoms with E-state index in [-0.39, 0.29) is 0 Å². The van der Waals surface area contributed by atoms with Gasteiger partial charge in [-0.2, -0.15) is 0 Å². The van der Waals surface area contributed by atoms with Gasteiger partial charge in [0.1, 0.15) is 0 Å². The van der Waals surface area contributed by atoms with Gasteiger partial charge in [-0.1, -0.05) is 6.42 Å². The maximum atomic E-state index is 3.75. The topological polar surface area (TPSA) is 15.3 Å². The fraction of sp³-hybridized carbons (Fsp3) is 1.00. The first-order chi connectivity index (χ1) is 8.30. The van der Waals surface area contributed by atoms with E-state index in [0.717, 1.165) is 17.4 Å². The lowest BCUT2D eigenvalue weighted by molar-refractivity contribution is 0.174. The largest absolute Gasteiger partial charge is 0.316 e. The van der Waals surface area contributed by atoms with Gasteiger partial charge in [-0.15, -0.1) is 0 Å². The van der Waals surface area contributed by atoms with Gasteiger partial charge in [-0.25, -0.2) is 0 Å². The standard InChI is InChI=1S/C15H28N2/c1-17-11-3-2-4-14(17)7-10-16-12-15(8-9-15)13-5-6-13/h13-14,16H,2-12H2,1H3. The van der Waals surface area contributed by atoms with Crippen LogP contribution in [-0.4, -0.2) is 37.6 Å². The van der Waals surface area contributed by atoms with E-state index < -0.39 is 0 Å². The fourth-order valence-corrected chi connectivity index (χ4v) is 3.70. The zero-order chi connectivity index (χ0) is 11.7. The predicted molar refractivity (Wildman–Crippen MR) is 72.1 cm³/mol. The molecule has 0 aromatic rings. The number of piperidine rings is 1. The summed E-state index contributed by atoms with van der Waals surface area (Å²) < 4.78 is 0. The highest BCUT2D eigenvalue weighted by Crippen LogP contribution is 2.60. The van der Waals surface area contributed by atoms with E-state index in [4.69, 9.17) is 0 Å². The Labute approximate surface area is 106 Å². The molecule has 17 heavy (non-hydrogen) atoms. The molecule has 1 atom stereocenters. The molecule has 1 saturated heterocycles. The second kappa shape index (κ2) is 4.89. The number of hydrogen-bond donors (Lipinski definition) is 1. The smallest absolute Gasteiger partial charge is 0.0104 e. The highest BCUT2D eigenvalue weighted by atomic mass is 15.1. The molecule has 2 nitrogen and oxygen atoms in total. The van der Waals surface area contributed by atoms with Gasteiger partial charge in [-0.05, 0) is 76.4 Å². The first kappa shape index (κ1) is 12.0. The van der Waals surface area contributed by atoms with E-state index in [0.29, 0.717) is 0 Å². The molecule has 0 amide bonds. The Morgan fingerprint density at radius 1 is 1.18 bits per heavy atom. The molecule has 2 aliphatic carbocycles. The van der Waals surface area contributed by atoms with Crippen molar-refractivity contribution < 1.29 is 0 Å². The minimum Gasteiger partial charge on any atom is -0.316 e. The Bertz CT molecular complexity index is 256. The molecule has 0 aromatic heterocycles. The summed E-state index contributed by atoms with van der Waals surface area (Å²) in [7, 11) is 2.30. The fourth-order valence-electron chi connectivity index (χ4n) is 3.70. The summed E-state index contributed by atoms with van der Waals surface area (Å²) in [6.45, 7) is 3.87. The highest BCUT2D eigenvalue weighted by molar-refractivity contribution is 5.05. The average molecular weight is 236 g/mol. The molecule has 3 rings (SSSR count). The summed E-state index contributed by atoms with van der Waals surface area (Å²) in [4.78, 5) is 2.57. The molecule has 0 aromatic carbocycles. The van der Waals surface area contributed by atoms with Crippen molar-refractivity contribution in [2.24, 2.45) is 11.3 Å². The zero-order valence-corrected chi connectivity index (χ0v) is 11.4. The highest BCUT2D eigenvalue weighted by Gasteiger charge is 2.53. The van der Waals surface area contributed by atoms with E-state index in [1.807, 2.05) is 0 Å². The summed E-state index contributed by atoms with van der Waals surface area (Å²) in [5.41, 5.74) is 0.776. The average Bonchev–Trinajstić information content (AvgIpc) is 3.18. The predicted octanol–water partition coefficient (Wildman–Crippen LogP) is 2.64. The van der Waals surface area contributed by atoms with Gasteiger partial charge in [0.15, 0.2) is 0 Å². The van der Waals surface area contributed by atoms with Gasteiger partial charge >= 0.3 is 0 Å². The lowest BCUT2D eigenvalue weighted by atomic mass is 9.99. The first-order valence-electron chi connectivity index (χ1n) is 7.71. The summed E-state index contributed by atoms with van der Waals surface area (Å²) in [6.07, 6.45) is 11.7. The number of likely N-dealkylation sites (tertiary alicyclic amines) is 1. The van der Waals surface area contributed by atoms with Gasteiger partial charge < -0.3 is 10.2 Å². The van der Waals surface area contributed by atoms with Gasteiger partial charge in [0.25, 0.3) is 0 Å². The van der Waals surface area contributed by atoms with Crippen LogP contribution in [0.3, 0.4) is 0 Å². The Hall–Kier alpha value is -0.0800. The molecule has 0 spiro atoms. The van der Waals surface area contributed by atoms with E-state index in [1.54, 1.807) is 0 Å². The van der Waals surface area contributed by atoms with Crippen molar-refractivity contribution >= 4 is 0 Å². The molecular formula is C15H28N2. The van der Waals surface area contributed by atoms with Crippen LogP contribution in [0, 0.1) is 11.3 Å². The van der Waals surface area contributed by atoms with Gasteiger partial charge in [0, 0.05) is 12.6 Å². The third-order valence-corrected chi connectivity index (χ3v) is 5.39. The minimum atomic E-state index is 0.776. The number of nitrogens with one attached hydrogen (secondary N) is 1. The van der Waals surface area contributed by atoms with Crippen LogP contribution in [0.15, 0.2) is 0 Å². The molecule has 1 heterocycles. The number of rotatable bonds is 6. The van der Waals surface area contributed by atoms with Crippen LogP contribution in [0.1, 0.15) is 51.4 Å². The van der Waals surface area contributed by atoms with Crippen LogP contribution in [0.25, 0.3) is 0 Å².